The third-order valence-corrected chi connectivity index (χ3v) is 7.10. The average Bonchev–Trinajstić information content (AvgIpc) is 2.83. The van der Waals surface area contributed by atoms with E-state index in [1.807, 2.05) is 0 Å². The van der Waals surface area contributed by atoms with Gasteiger partial charge < -0.3 is 4.74 Å². The molecule has 0 saturated heterocycles. The van der Waals surface area contributed by atoms with Gasteiger partial charge in [-0.2, -0.15) is 13.2 Å². The number of carbonyl (C=O) groups is 1. The van der Waals surface area contributed by atoms with Gasteiger partial charge in [-0.3, -0.25) is 9.78 Å². The van der Waals surface area contributed by atoms with Gasteiger partial charge in [0.1, 0.15) is 5.75 Å². The van der Waals surface area contributed by atoms with Crippen LogP contribution in [0.5, 0.6) is 5.75 Å². The highest BCUT2D eigenvalue weighted by atomic mass is 35.5. The fraction of sp³-hybridized carbons (Fsp3) is 0.407. The Balaban J connectivity index is 1.39. The van der Waals surface area contributed by atoms with Crippen molar-refractivity contribution in [2.45, 2.75) is 57.7 Å². The Kier molecular flexibility index (Phi) is 7.46. The molecular formula is C27H27ClF3NO2. The maximum absolute atomic E-state index is 13.2. The highest BCUT2D eigenvalue weighted by Gasteiger charge is 2.32. The van der Waals surface area contributed by atoms with E-state index in [1.165, 1.54) is 6.07 Å². The lowest BCUT2D eigenvalue weighted by Crippen LogP contribution is -2.28. The second-order valence-corrected chi connectivity index (χ2v) is 9.43. The molecule has 0 radical (unpaired) electrons. The van der Waals surface area contributed by atoms with Crippen molar-refractivity contribution in [2.75, 3.05) is 0 Å². The van der Waals surface area contributed by atoms with E-state index in [-0.39, 0.29) is 11.9 Å². The smallest absolute Gasteiger partial charge is 0.416 e. The Hall–Kier alpha value is -2.60. The minimum Gasteiger partial charge on any atom is -0.490 e. The van der Waals surface area contributed by atoms with Crippen molar-refractivity contribution in [3.05, 3.63) is 70.9 Å². The number of hydrogen-bond acceptors (Lipinski definition) is 3. The van der Waals surface area contributed by atoms with Gasteiger partial charge in [-0.25, -0.2) is 0 Å². The predicted octanol–water partition coefficient (Wildman–Crippen LogP) is 8.14. The van der Waals surface area contributed by atoms with Crippen molar-refractivity contribution >= 4 is 28.3 Å². The van der Waals surface area contributed by atoms with Gasteiger partial charge in [0.15, 0.2) is 5.78 Å². The summed E-state index contributed by atoms with van der Waals surface area (Å²) in [5, 5.41) is 0.984. The SMILES string of the molecule is CCC(CC(=O)c1ccc(Cl)cc1)C1CCC(Oc2ccnc3ccc(C(F)(F)F)cc23)CC1. The third-order valence-electron chi connectivity index (χ3n) is 6.85. The van der Waals surface area contributed by atoms with Gasteiger partial charge in [0.05, 0.1) is 17.2 Å². The molecule has 0 spiro atoms. The number of rotatable bonds is 7. The number of hydrogen-bond donors (Lipinski definition) is 0. The molecule has 0 aliphatic heterocycles. The maximum Gasteiger partial charge on any atom is 0.416 e. The first-order chi connectivity index (χ1) is 16.2. The van der Waals surface area contributed by atoms with Gasteiger partial charge in [0.25, 0.3) is 0 Å². The number of alkyl halides is 3. The van der Waals surface area contributed by atoms with E-state index >= 15 is 0 Å². The first kappa shape index (κ1) is 24.5. The summed E-state index contributed by atoms with van der Waals surface area (Å²) in [4.78, 5) is 16.9. The number of aromatic nitrogens is 1. The van der Waals surface area contributed by atoms with Crippen LogP contribution in [0.2, 0.25) is 5.02 Å². The molecule has 1 aromatic heterocycles. The van der Waals surface area contributed by atoms with Crippen LogP contribution < -0.4 is 4.74 Å². The van der Waals surface area contributed by atoms with Crippen molar-refractivity contribution in [1.82, 2.24) is 4.98 Å². The minimum absolute atomic E-state index is 0.0686. The number of benzene rings is 2. The first-order valence-corrected chi connectivity index (χ1v) is 12.0. The van der Waals surface area contributed by atoms with Gasteiger partial charge >= 0.3 is 6.18 Å². The Morgan fingerprint density at radius 3 is 2.44 bits per heavy atom. The van der Waals surface area contributed by atoms with Crippen molar-refractivity contribution in [2.24, 2.45) is 11.8 Å². The number of pyridine rings is 1. The van der Waals surface area contributed by atoms with Crippen LogP contribution in [-0.2, 0) is 6.18 Å². The molecule has 1 aliphatic rings. The Bertz CT molecular complexity index is 1140. The van der Waals surface area contributed by atoms with E-state index < -0.39 is 11.7 Å². The fourth-order valence-corrected chi connectivity index (χ4v) is 5.02. The summed E-state index contributed by atoms with van der Waals surface area (Å²) in [5.41, 5.74) is 0.450. The van der Waals surface area contributed by atoms with Crippen LogP contribution in [0.1, 0.15) is 61.4 Å². The normalized spacial score (nSPS) is 19.7. The number of halogens is 4. The van der Waals surface area contributed by atoms with Gasteiger partial charge in [0, 0.05) is 28.6 Å². The summed E-state index contributed by atoms with van der Waals surface area (Å²) < 4.78 is 45.7. The molecule has 2 aromatic carbocycles. The van der Waals surface area contributed by atoms with Crippen molar-refractivity contribution in [1.29, 1.82) is 0 Å². The standard InChI is InChI=1S/C27H27ClF3NO2/c1-2-17(15-25(33)19-3-8-21(28)9-4-19)18-5-10-22(11-6-18)34-26-13-14-32-24-12-7-20(16-23(24)26)27(29,30)31/h3-4,7-9,12-14,16-18,22H,2,5-6,10-11,15H2,1H3. The highest BCUT2D eigenvalue weighted by Crippen LogP contribution is 2.38. The average molecular weight is 490 g/mol. The van der Waals surface area contributed by atoms with Crippen LogP contribution in [-0.4, -0.2) is 16.9 Å². The zero-order valence-electron chi connectivity index (χ0n) is 18.9. The number of ketones is 1. The summed E-state index contributed by atoms with van der Waals surface area (Å²) in [7, 11) is 0. The molecule has 0 bridgehead atoms. The summed E-state index contributed by atoms with van der Waals surface area (Å²) >= 11 is 5.93. The summed E-state index contributed by atoms with van der Waals surface area (Å²) in [6.45, 7) is 2.11. The highest BCUT2D eigenvalue weighted by molar-refractivity contribution is 6.30. The number of nitrogens with zero attached hydrogens (tertiary/aromatic N) is 1. The molecule has 1 heterocycles. The molecule has 3 nitrogen and oxygen atoms in total. The topological polar surface area (TPSA) is 39.2 Å². The van der Waals surface area contributed by atoms with E-state index in [9.17, 15) is 18.0 Å². The van der Waals surface area contributed by atoms with Crippen LogP contribution >= 0.6 is 11.6 Å². The first-order valence-electron chi connectivity index (χ1n) is 11.7. The lowest BCUT2D eigenvalue weighted by atomic mass is 9.75. The third kappa shape index (κ3) is 5.72. The largest absolute Gasteiger partial charge is 0.490 e. The number of fused-ring (bicyclic) bond motifs is 1. The second-order valence-electron chi connectivity index (χ2n) is 9.00. The van der Waals surface area contributed by atoms with Crippen LogP contribution in [0, 0.1) is 11.8 Å². The number of carbonyl (C=O) groups excluding carboxylic acids is 1. The molecule has 1 atom stereocenters. The Morgan fingerprint density at radius 2 is 1.79 bits per heavy atom. The molecule has 4 rings (SSSR count). The molecule has 1 aliphatic carbocycles. The molecule has 1 fully saturated rings. The molecule has 0 amide bonds. The Labute approximate surface area is 202 Å². The van der Waals surface area contributed by atoms with Gasteiger partial charge in [-0.15, -0.1) is 0 Å². The molecular weight excluding hydrogens is 463 g/mol. The van der Waals surface area contributed by atoms with Crippen LogP contribution in [0.4, 0.5) is 13.2 Å². The van der Waals surface area contributed by atoms with Crippen LogP contribution in [0.25, 0.3) is 10.9 Å². The molecule has 34 heavy (non-hydrogen) atoms. The van der Waals surface area contributed by atoms with Crippen molar-refractivity contribution < 1.29 is 22.7 Å². The number of ether oxygens (including phenoxy) is 1. The lowest BCUT2D eigenvalue weighted by molar-refractivity contribution is -0.137. The van der Waals surface area contributed by atoms with E-state index in [1.54, 1.807) is 36.5 Å². The zero-order valence-corrected chi connectivity index (χ0v) is 19.7. The molecule has 3 aromatic rings. The molecule has 1 saturated carbocycles. The maximum atomic E-state index is 13.2. The predicted molar refractivity (Wildman–Crippen MR) is 127 cm³/mol. The van der Waals surface area contributed by atoms with Gasteiger partial charge in [0.2, 0.25) is 0 Å². The molecule has 7 heteroatoms. The van der Waals surface area contributed by atoms with Crippen molar-refractivity contribution in [3.63, 3.8) is 0 Å². The van der Waals surface area contributed by atoms with Gasteiger partial charge in [-0.05, 0) is 86.1 Å². The quantitative estimate of drug-likeness (QED) is 0.314. The monoisotopic (exact) mass is 489 g/mol. The summed E-state index contributed by atoms with van der Waals surface area (Å²) in [6, 6.07) is 12.2. The van der Waals surface area contributed by atoms with Crippen LogP contribution in [0.15, 0.2) is 54.7 Å². The molecule has 1 unspecified atom stereocenters. The number of Topliss-reactive ketones (excluding diaryl/α,β-unsaturated/α-hetero) is 1. The zero-order chi connectivity index (χ0) is 24.3. The minimum atomic E-state index is -4.42. The van der Waals surface area contributed by atoms with E-state index in [4.69, 9.17) is 16.3 Å². The van der Waals surface area contributed by atoms with Crippen molar-refractivity contribution in [3.8, 4) is 5.75 Å². The summed E-state index contributed by atoms with van der Waals surface area (Å²) in [5.74, 6) is 1.28. The molecule has 0 N–H and O–H groups in total. The Morgan fingerprint density at radius 1 is 1.09 bits per heavy atom. The lowest BCUT2D eigenvalue weighted by Gasteiger charge is -2.33. The van der Waals surface area contributed by atoms with E-state index in [0.29, 0.717) is 45.5 Å². The van der Waals surface area contributed by atoms with E-state index in [2.05, 4.69) is 11.9 Å². The van der Waals surface area contributed by atoms with Gasteiger partial charge in [-0.1, -0.05) is 24.9 Å². The second kappa shape index (κ2) is 10.3. The molecule has 180 valence electrons. The fourth-order valence-electron chi connectivity index (χ4n) is 4.89. The van der Waals surface area contributed by atoms with E-state index in [0.717, 1.165) is 44.2 Å². The van der Waals surface area contributed by atoms with Crippen LogP contribution in [0.3, 0.4) is 0 Å². The summed E-state index contributed by atoms with van der Waals surface area (Å²) in [6.07, 6.45) is 1.96.